The van der Waals surface area contributed by atoms with E-state index in [0.717, 1.165) is 22.9 Å². The van der Waals surface area contributed by atoms with Gasteiger partial charge in [0.2, 0.25) is 0 Å². The zero-order chi connectivity index (χ0) is 32.4. The summed E-state index contributed by atoms with van der Waals surface area (Å²) < 4.78 is 24.0. The Hall–Kier alpha value is -4.62. The predicted octanol–water partition coefficient (Wildman–Crippen LogP) is 3.95. The van der Waals surface area contributed by atoms with Crippen molar-refractivity contribution in [2.45, 2.75) is 23.7 Å². The number of aliphatic imine (C=N–C) groups is 1. The summed E-state index contributed by atoms with van der Waals surface area (Å²) in [4.78, 5) is 75.7. The number of hydrogen-bond donors (Lipinski definition) is 2. The highest BCUT2D eigenvalue weighted by Gasteiger charge is 2.73. The quantitative estimate of drug-likeness (QED) is 0.0807. The standard InChI is InChI=1S/C30H26N3O10PS/c1-19(34)42-17-23-18-45-29-30(44(39,40)41,31-16-20-12-14-24(15-13-20)33(37)38)28(36)32(29)25(23)27(35)43-26(21-8-4-2-5-9-21)22-10-6-3-7-11-22/h2-16,26,29H,17-18H2,1H3,(H2,39,40,41)/t29-,30?/m1/s1. The molecule has 2 aliphatic heterocycles. The Bertz CT molecular complexity index is 1700. The van der Waals surface area contributed by atoms with Crippen LogP contribution in [0.1, 0.15) is 29.7 Å². The zero-order valence-corrected chi connectivity index (χ0v) is 25.3. The van der Waals surface area contributed by atoms with E-state index in [0.29, 0.717) is 11.1 Å². The molecule has 0 bridgehead atoms. The molecule has 5 rings (SSSR count). The van der Waals surface area contributed by atoms with Crippen LogP contribution in [0.2, 0.25) is 0 Å². The summed E-state index contributed by atoms with van der Waals surface area (Å²) >= 11 is 0.937. The summed E-state index contributed by atoms with van der Waals surface area (Å²) in [5, 5.41) is 7.08. The number of carbonyl (C=O) groups excluding carboxylic acids is 3. The highest BCUT2D eigenvalue weighted by molar-refractivity contribution is 8.00. The van der Waals surface area contributed by atoms with E-state index in [1.807, 2.05) is 0 Å². The first-order valence-corrected chi connectivity index (χ1v) is 16.1. The third kappa shape index (κ3) is 6.18. The second kappa shape index (κ2) is 12.8. The van der Waals surface area contributed by atoms with E-state index >= 15 is 0 Å². The molecule has 2 N–H and O–H groups in total. The Morgan fingerprint density at radius 2 is 1.67 bits per heavy atom. The minimum absolute atomic E-state index is 0.0394. The number of esters is 2. The lowest BCUT2D eigenvalue weighted by molar-refractivity contribution is -0.384. The topological polar surface area (TPSA) is 186 Å². The molecule has 1 fully saturated rings. The lowest BCUT2D eigenvalue weighted by Gasteiger charge is -2.54. The van der Waals surface area contributed by atoms with Gasteiger partial charge in [0.05, 0.1) is 4.92 Å². The molecule has 0 spiro atoms. The van der Waals surface area contributed by atoms with Crippen LogP contribution in [-0.4, -0.2) is 66.7 Å². The molecule has 1 amide bonds. The minimum Gasteiger partial charge on any atom is -0.461 e. The molecule has 1 saturated heterocycles. The van der Waals surface area contributed by atoms with E-state index in [4.69, 9.17) is 9.47 Å². The lowest BCUT2D eigenvalue weighted by atomic mass is 10.0. The molecule has 1 unspecified atom stereocenters. The molecule has 232 valence electrons. The SMILES string of the molecule is CC(=O)OCC1=C(C(=O)OC(c2ccccc2)c2ccccc2)N2C(=O)C(N=Cc3ccc([N+](=O)[O-])cc3)(P(=O)(O)O)[C@H]2SC1. The van der Waals surface area contributed by atoms with Crippen LogP contribution in [0, 0.1) is 10.1 Å². The zero-order valence-electron chi connectivity index (χ0n) is 23.6. The first-order chi connectivity index (χ1) is 21.4. The van der Waals surface area contributed by atoms with E-state index in [-0.39, 0.29) is 34.9 Å². The first-order valence-electron chi connectivity index (χ1n) is 13.4. The number of amides is 1. The lowest BCUT2D eigenvalue weighted by Crippen LogP contribution is -2.72. The van der Waals surface area contributed by atoms with Gasteiger partial charge in [0, 0.05) is 36.6 Å². The fourth-order valence-corrected chi connectivity index (χ4v) is 7.86. The van der Waals surface area contributed by atoms with Gasteiger partial charge in [0.1, 0.15) is 17.7 Å². The second-order valence-electron chi connectivity index (χ2n) is 10.1. The van der Waals surface area contributed by atoms with Gasteiger partial charge >= 0.3 is 19.5 Å². The molecule has 3 aromatic carbocycles. The van der Waals surface area contributed by atoms with E-state index in [9.17, 15) is 38.8 Å². The van der Waals surface area contributed by atoms with Crippen molar-refractivity contribution in [3.8, 4) is 0 Å². The van der Waals surface area contributed by atoms with Crippen molar-refractivity contribution in [3.05, 3.63) is 123 Å². The summed E-state index contributed by atoms with van der Waals surface area (Å²) in [5.74, 6) is -2.80. The van der Waals surface area contributed by atoms with E-state index in [1.54, 1.807) is 60.7 Å². The normalized spacial score (nSPS) is 19.7. The number of β-lactam (4-membered cyclic amide) rings is 1. The van der Waals surface area contributed by atoms with Crippen molar-refractivity contribution in [2.24, 2.45) is 4.99 Å². The Kier molecular flexibility index (Phi) is 9.03. The van der Waals surface area contributed by atoms with Crippen molar-refractivity contribution < 1.29 is 43.1 Å². The van der Waals surface area contributed by atoms with Crippen LogP contribution in [0.5, 0.6) is 0 Å². The third-order valence-electron chi connectivity index (χ3n) is 7.13. The van der Waals surface area contributed by atoms with E-state index < -0.39 is 47.1 Å². The molecular weight excluding hydrogens is 625 g/mol. The van der Waals surface area contributed by atoms with Crippen molar-refractivity contribution in [3.63, 3.8) is 0 Å². The molecule has 3 aromatic rings. The van der Waals surface area contributed by atoms with Crippen LogP contribution < -0.4 is 0 Å². The molecule has 0 saturated carbocycles. The molecule has 15 heteroatoms. The molecule has 13 nitrogen and oxygen atoms in total. The smallest absolute Gasteiger partial charge is 0.365 e. The Morgan fingerprint density at radius 3 is 2.18 bits per heavy atom. The number of nitro groups is 1. The van der Waals surface area contributed by atoms with Gasteiger partial charge in [0.15, 0.2) is 6.10 Å². The van der Waals surface area contributed by atoms with Crippen molar-refractivity contribution in [2.75, 3.05) is 12.4 Å². The maximum absolute atomic E-state index is 14.0. The highest BCUT2D eigenvalue weighted by atomic mass is 32.2. The minimum atomic E-state index is -5.32. The number of hydrogen-bond acceptors (Lipinski definition) is 10. The molecule has 2 aliphatic rings. The Balaban J connectivity index is 1.53. The average Bonchev–Trinajstić information content (AvgIpc) is 3.02. The van der Waals surface area contributed by atoms with Crippen LogP contribution in [0.25, 0.3) is 0 Å². The van der Waals surface area contributed by atoms with Crippen LogP contribution in [0.15, 0.2) is 101 Å². The van der Waals surface area contributed by atoms with Gasteiger partial charge in [-0.2, -0.15) is 0 Å². The number of benzene rings is 3. The van der Waals surface area contributed by atoms with Crippen LogP contribution in [-0.2, 0) is 28.4 Å². The molecule has 0 aromatic heterocycles. The number of carbonyl (C=O) groups is 3. The largest absolute Gasteiger partial charge is 0.461 e. The van der Waals surface area contributed by atoms with Gasteiger partial charge in [-0.15, -0.1) is 11.8 Å². The Morgan fingerprint density at radius 1 is 1.09 bits per heavy atom. The van der Waals surface area contributed by atoms with Gasteiger partial charge in [-0.3, -0.25) is 34.2 Å². The van der Waals surface area contributed by atoms with Crippen molar-refractivity contribution >= 4 is 49.1 Å². The molecular formula is C30H26N3O10PS. The number of nitro benzene ring substituents is 1. The second-order valence-corrected chi connectivity index (χ2v) is 12.9. The highest BCUT2D eigenvalue weighted by Crippen LogP contribution is 2.65. The summed E-state index contributed by atoms with van der Waals surface area (Å²) in [6, 6.07) is 22.7. The van der Waals surface area contributed by atoms with Gasteiger partial charge in [-0.25, -0.2) is 4.79 Å². The maximum atomic E-state index is 14.0. The molecule has 0 radical (unpaired) electrons. The molecule has 2 heterocycles. The summed E-state index contributed by atoms with van der Waals surface area (Å²) in [6.45, 7) is 0.818. The van der Waals surface area contributed by atoms with E-state index in [2.05, 4.69) is 4.99 Å². The van der Waals surface area contributed by atoms with Crippen LogP contribution in [0.4, 0.5) is 5.69 Å². The number of nitrogens with zero attached hydrogens (tertiary/aromatic N) is 3. The van der Waals surface area contributed by atoms with E-state index in [1.165, 1.54) is 31.2 Å². The number of ether oxygens (including phenoxy) is 2. The molecule has 45 heavy (non-hydrogen) atoms. The summed E-state index contributed by atoms with van der Waals surface area (Å²) in [6.07, 6.45) is 0.147. The first kappa shape index (κ1) is 31.8. The monoisotopic (exact) mass is 651 g/mol. The molecule has 2 atom stereocenters. The summed E-state index contributed by atoms with van der Waals surface area (Å²) in [7, 11) is -5.32. The van der Waals surface area contributed by atoms with Gasteiger partial charge in [-0.1, -0.05) is 60.7 Å². The number of thioether (sulfide) groups is 1. The number of non-ortho nitro benzene ring substituents is 1. The predicted molar refractivity (Wildman–Crippen MR) is 163 cm³/mol. The van der Waals surface area contributed by atoms with Gasteiger partial charge in [0.25, 0.3) is 16.9 Å². The number of rotatable bonds is 10. The maximum Gasteiger partial charge on any atom is 0.365 e. The molecule has 0 aliphatic carbocycles. The van der Waals surface area contributed by atoms with Crippen LogP contribution in [0.3, 0.4) is 0 Å². The summed E-state index contributed by atoms with van der Waals surface area (Å²) in [5.41, 5.74) is 1.23. The number of fused-ring (bicyclic) bond motifs is 1. The fraction of sp³-hybridized carbons (Fsp3) is 0.200. The van der Waals surface area contributed by atoms with Gasteiger partial charge < -0.3 is 19.3 Å². The Labute approximate surface area is 260 Å². The van der Waals surface area contributed by atoms with Crippen molar-refractivity contribution in [1.29, 1.82) is 0 Å². The van der Waals surface area contributed by atoms with Crippen LogP contribution >= 0.6 is 19.4 Å². The van der Waals surface area contributed by atoms with Crippen molar-refractivity contribution in [1.82, 2.24) is 4.90 Å². The fourth-order valence-electron chi connectivity index (χ4n) is 4.94. The average molecular weight is 652 g/mol. The third-order valence-corrected chi connectivity index (χ3v) is 10.1. The van der Waals surface area contributed by atoms with Gasteiger partial charge in [-0.05, 0) is 28.8 Å².